The Morgan fingerprint density at radius 2 is 2.27 bits per heavy atom. The Balaban J connectivity index is 2.03. The Morgan fingerprint density at radius 1 is 1.42 bits per heavy atom. The van der Waals surface area contributed by atoms with Crippen molar-refractivity contribution in [2.45, 2.75) is 26.2 Å². The molecular weight excluding hydrogens is 374 g/mol. The number of H-pyrrole nitrogens is 1. The number of aryl methyl sites for hydroxylation is 1. The van der Waals surface area contributed by atoms with Crippen LogP contribution < -0.4 is 10.9 Å². The van der Waals surface area contributed by atoms with Crippen molar-refractivity contribution >= 4 is 34.7 Å². The summed E-state index contributed by atoms with van der Waals surface area (Å²) in [7, 11) is 0. The summed E-state index contributed by atoms with van der Waals surface area (Å²) >= 11 is 7.19. The maximum Gasteiger partial charge on any atom is 0.252 e. The van der Waals surface area contributed by atoms with Gasteiger partial charge in [0.2, 0.25) is 11.9 Å². The Hall–Kier alpha value is -2.45. The molecule has 7 nitrogen and oxygen atoms in total. The van der Waals surface area contributed by atoms with Crippen molar-refractivity contribution in [2.24, 2.45) is 0 Å². The summed E-state index contributed by atoms with van der Waals surface area (Å²) in [6.07, 6.45) is 1.51. The predicted molar refractivity (Wildman–Crippen MR) is 103 cm³/mol. The first kappa shape index (κ1) is 18.3. The molecule has 9 heteroatoms. The predicted octanol–water partition coefficient (Wildman–Crippen LogP) is 3.20. The number of hydrogen-bond acceptors (Lipinski definition) is 5. The van der Waals surface area contributed by atoms with Gasteiger partial charge < -0.3 is 5.32 Å². The molecule has 0 saturated carbocycles. The zero-order valence-electron chi connectivity index (χ0n) is 14.2. The topological polar surface area (TPSA) is 92.7 Å². The maximum atomic E-state index is 12.1. The van der Waals surface area contributed by atoms with Crippen molar-refractivity contribution in [3.63, 3.8) is 0 Å². The Morgan fingerprint density at radius 3 is 2.96 bits per heavy atom. The molecule has 136 valence electrons. The van der Waals surface area contributed by atoms with Crippen LogP contribution >= 0.6 is 22.9 Å². The van der Waals surface area contributed by atoms with Crippen LogP contribution in [0.2, 0.25) is 0 Å². The Kier molecular flexibility index (Phi) is 5.85. The molecule has 0 aromatic carbocycles. The molecule has 0 fully saturated rings. The second-order valence-electron chi connectivity index (χ2n) is 5.56. The van der Waals surface area contributed by atoms with Gasteiger partial charge in [0, 0.05) is 30.1 Å². The molecule has 0 aliphatic carbocycles. The molecule has 0 saturated heterocycles. The number of thiophene rings is 1. The molecule has 0 spiro atoms. The van der Waals surface area contributed by atoms with Crippen LogP contribution in [0.5, 0.6) is 0 Å². The molecular formula is C17H18ClN5O2S. The van der Waals surface area contributed by atoms with Crippen molar-refractivity contribution < 1.29 is 4.79 Å². The summed E-state index contributed by atoms with van der Waals surface area (Å²) in [5.74, 6) is 0.966. The van der Waals surface area contributed by atoms with E-state index in [9.17, 15) is 9.59 Å². The Labute approximate surface area is 159 Å². The van der Waals surface area contributed by atoms with E-state index in [0.717, 1.165) is 4.88 Å². The van der Waals surface area contributed by atoms with Crippen molar-refractivity contribution in [3.8, 4) is 16.5 Å². The van der Waals surface area contributed by atoms with E-state index in [1.807, 2.05) is 24.4 Å². The lowest BCUT2D eigenvalue weighted by atomic mass is 10.3. The lowest BCUT2D eigenvalue weighted by Crippen LogP contribution is -2.19. The fourth-order valence-corrected chi connectivity index (χ4v) is 3.20. The van der Waals surface area contributed by atoms with E-state index in [1.165, 1.54) is 22.1 Å². The van der Waals surface area contributed by atoms with Crippen LogP contribution in [0.4, 0.5) is 5.82 Å². The summed E-state index contributed by atoms with van der Waals surface area (Å²) in [6.45, 7) is 1.92. The highest BCUT2D eigenvalue weighted by Gasteiger charge is 2.16. The number of halogens is 1. The number of hydrogen-bond donors (Lipinski definition) is 2. The minimum absolute atomic E-state index is 0.168. The van der Waals surface area contributed by atoms with E-state index in [0.29, 0.717) is 42.3 Å². The van der Waals surface area contributed by atoms with Crippen molar-refractivity contribution in [1.29, 1.82) is 0 Å². The summed E-state index contributed by atoms with van der Waals surface area (Å²) < 4.78 is 1.45. The van der Waals surface area contributed by atoms with Gasteiger partial charge in [0.15, 0.2) is 0 Å². The van der Waals surface area contributed by atoms with Crippen molar-refractivity contribution in [3.05, 3.63) is 45.7 Å². The van der Waals surface area contributed by atoms with Gasteiger partial charge in [-0.3, -0.25) is 14.6 Å². The number of anilines is 1. The smallest absolute Gasteiger partial charge is 0.252 e. The van der Waals surface area contributed by atoms with Gasteiger partial charge in [-0.1, -0.05) is 13.0 Å². The second kappa shape index (κ2) is 8.29. The molecule has 0 aliphatic rings. The third kappa shape index (κ3) is 4.20. The Bertz CT molecular complexity index is 948. The summed E-state index contributed by atoms with van der Waals surface area (Å²) in [6, 6.07) is 7.08. The van der Waals surface area contributed by atoms with Gasteiger partial charge in [-0.15, -0.1) is 22.9 Å². The first-order valence-electron chi connectivity index (χ1n) is 8.21. The molecule has 3 aromatic heterocycles. The normalized spacial score (nSPS) is 10.8. The molecule has 3 aromatic rings. The van der Waals surface area contributed by atoms with Crippen LogP contribution in [-0.2, 0) is 11.2 Å². The SMILES string of the molecule is CCc1cc(=O)[nH]c(-n2nc(-c3cccs3)cc2NC(=O)CCCCl)n1. The number of rotatable bonds is 7. The average molecular weight is 392 g/mol. The minimum Gasteiger partial charge on any atom is -0.310 e. The molecule has 0 bridgehead atoms. The third-order valence-electron chi connectivity index (χ3n) is 3.63. The highest BCUT2D eigenvalue weighted by Crippen LogP contribution is 2.27. The van der Waals surface area contributed by atoms with Gasteiger partial charge >= 0.3 is 0 Å². The van der Waals surface area contributed by atoms with Gasteiger partial charge in [0.05, 0.1) is 4.88 Å². The van der Waals surface area contributed by atoms with Gasteiger partial charge in [0.25, 0.3) is 5.56 Å². The van der Waals surface area contributed by atoms with E-state index < -0.39 is 0 Å². The summed E-state index contributed by atoms with van der Waals surface area (Å²) in [5, 5.41) is 9.30. The van der Waals surface area contributed by atoms with Crippen LogP contribution in [0.15, 0.2) is 34.4 Å². The van der Waals surface area contributed by atoms with E-state index in [-0.39, 0.29) is 17.4 Å². The fourth-order valence-electron chi connectivity index (χ4n) is 2.38. The van der Waals surface area contributed by atoms with E-state index >= 15 is 0 Å². The summed E-state index contributed by atoms with van der Waals surface area (Å²) in [4.78, 5) is 32.1. The number of amides is 1. The van der Waals surface area contributed by atoms with E-state index in [2.05, 4.69) is 20.4 Å². The van der Waals surface area contributed by atoms with E-state index in [4.69, 9.17) is 11.6 Å². The number of alkyl halides is 1. The van der Waals surface area contributed by atoms with Crippen LogP contribution in [0.3, 0.4) is 0 Å². The number of carbonyl (C=O) groups is 1. The lowest BCUT2D eigenvalue weighted by Gasteiger charge is -2.08. The number of nitrogens with one attached hydrogen (secondary N) is 2. The first-order chi connectivity index (χ1) is 12.6. The molecule has 1 amide bonds. The second-order valence-corrected chi connectivity index (χ2v) is 6.88. The van der Waals surface area contributed by atoms with Gasteiger partial charge in [0.1, 0.15) is 11.5 Å². The zero-order chi connectivity index (χ0) is 18.5. The van der Waals surface area contributed by atoms with Gasteiger partial charge in [-0.05, 0) is 24.3 Å². The highest BCUT2D eigenvalue weighted by molar-refractivity contribution is 7.13. The molecule has 0 radical (unpaired) electrons. The van der Waals surface area contributed by atoms with Gasteiger partial charge in [-0.2, -0.15) is 9.78 Å². The first-order valence-corrected chi connectivity index (χ1v) is 9.62. The fraction of sp³-hybridized carbons (Fsp3) is 0.294. The minimum atomic E-state index is -0.264. The van der Waals surface area contributed by atoms with Gasteiger partial charge in [-0.25, -0.2) is 4.98 Å². The zero-order valence-corrected chi connectivity index (χ0v) is 15.7. The number of nitrogens with zero attached hydrogens (tertiary/aromatic N) is 3. The quantitative estimate of drug-likeness (QED) is 0.605. The number of aromatic amines is 1. The molecule has 26 heavy (non-hydrogen) atoms. The molecule has 0 unspecified atom stereocenters. The molecule has 2 N–H and O–H groups in total. The number of aromatic nitrogens is 4. The molecule has 3 heterocycles. The largest absolute Gasteiger partial charge is 0.310 e. The van der Waals surface area contributed by atoms with Crippen LogP contribution in [0.1, 0.15) is 25.5 Å². The van der Waals surface area contributed by atoms with Crippen LogP contribution in [0, 0.1) is 0 Å². The third-order valence-corrected chi connectivity index (χ3v) is 4.79. The maximum absolute atomic E-state index is 12.1. The van der Waals surface area contributed by atoms with E-state index in [1.54, 1.807) is 6.07 Å². The van der Waals surface area contributed by atoms with Crippen molar-refractivity contribution in [2.75, 3.05) is 11.2 Å². The van der Waals surface area contributed by atoms with Crippen LogP contribution in [-0.4, -0.2) is 31.5 Å². The number of carbonyl (C=O) groups excluding carboxylic acids is 1. The lowest BCUT2D eigenvalue weighted by molar-refractivity contribution is -0.116. The average Bonchev–Trinajstić information content (AvgIpc) is 3.29. The highest BCUT2D eigenvalue weighted by atomic mass is 35.5. The monoisotopic (exact) mass is 391 g/mol. The standard InChI is InChI=1S/C17H18ClN5O2S/c1-2-11-9-16(25)21-17(19-11)23-14(20-15(24)6-3-7-18)10-12(22-23)13-5-4-8-26-13/h4-5,8-10H,2-3,6-7H2,1H3,(H,20,24)(H,19,21,25). The molecule has 0 aliphatic heterocycles. The van der Waals surface area contributed by atoms with Crippen LogP contribution in [0.25, 0.3) is 16.5 Å². The van der Waals surface area contributed by atoms with Crippen molar-refractivity contribution in [1.82, 2.24) is 19.7 Å². The summed E-state index contributed by atoms with van der Waals surface area (Å²) in [5.41, 5.74) is 1.08. The molecule has 0 atom stereocenters. The molecule has 3 rings (SSSR count).